The average Bonchev–Trinajstić information content (AvgIpc) is 2.61. The van der Waals surface area contributed by atoms with Gasteiger partial charge in [0, 0.05) is 29.9 Å². The summed E-state index contributed by atoms with van der Waals surface area (Å²) in [6.45, 7) is 3.22. The molecule has 0 bridgehead atoms. The Kier molecular flexibility index (Phi) is 5.46. The Bertz CT molecular complexity index is 807. The molecule has 2 N–H and O–H groups in total. The number of ether oxygens (including phenoxy) is 1. The highest BCUT2D eigenvalue weighted by atomic mass is 35.5. The number of methoxy groups -OCH3 is 1. The van der Waals surface area contributed by atoms with E-state index in [0.717, 1.165) is 11.5 Å². The number of rotatable bonds is 5. The number of halogens is 1. The Balaban J connectivity index is 1.81. The Morgan fingerprint density at radius 3 is 2.69 bits per heavy atom. The Morgan fingerprint density at radius 2 is 2.04 bits per heavy atom. The molecule has 2 heterocycles. The normalized spacial score (nSPS) is 15.0. The van der Waals surface area contributed by atoms with Crippen LogP contribution in [0.1, 0.15) is 18.5 Å². The number of piperidine rings is 1. The van der Waals surface area contributed by atoms with Crippen LogP contribution in [0.25, 0.3) is 0 Å². The highest BCUT2D eigenvalue weighted by Gasteiger charge is 2.25. The van der Waals surface area contributed by atoms with E-state index >= 15 is 0 Å². The van der Waals surface area contributed by atoms with Crippen LogP contribution in [-0.4, -0.2) is 41.2 Å². The minimum atomic E-state index is -0.723. The van der Waals surface area contributed by atoms with Crippen molar-refractivity contribution in [1.82, 2.24) is 9.97 Å². The molecule has 138 valence electrons. The van der Waals surface area contributed by atoms with Gasteiger partial charge in [-0.25, -0.2) is 4.98 Å². The van der Waals surface area contributed by atoms with Gasteiger partial charge in [-0.05, 0) is 38.0 Å². The zero-order chi connectivity index (χ0) is 18.7. The molecular weight excluding hydrogens is 356 g/mol. The number of anilines is 3. The summed E-state index contributed by atoms with van der Waals surface area (Å²) >= 11 is 6.07. The number of aliphatic carboxylic acids is 1. The van der Waals surface area contributed by atoms with Crippen molar-refractivity contribution in [3.8, 4) is 5.75 Å². The summed E-state index contributed by atoms with van der Waals surface area (Å²) in [6.07, 6.45) is 1.23. The lowest BCUT2D eigenvalue weighted by Crippen LogP contribution is -2.36. The van der Waals surface area contributed by atoms with E-state index in [9.17, 15) is 4.79 Å². The van der Waals surface area contributed by atoms with Crippen LogP contribution < -0.4 is 15.0 Å². The van der Waals surface area contributed by atoms with Gasteiger partial charge in [-0.2, -0.15) is 4.98 Å². The Labute approximate surface area is 157 Å². The van der Waals surface area contributed by atoms with Crippen molar-refractivity contribution in [3.05, 3.63) is 35.0 Å². The average molecular weight is 377 g/mol. The molecule has 1 aromatic carbocycles. The lowest BCUT2D eigenvalue weighted by atomic mass is 9.97. The van der Waals surface area contributed by atoms with E-state index in [1.54, 1.807) is 25.3 Å². The lowest BCUT2D eigenvalue weighted by molar-refractivity contribution is -0.142. The van der Waals surface area contributed by atoms with Gasteiger partial charge in [0.05, 0.1) is 18.7 Å². The van der Waals surface area contributed by atoms with Crippen molar-refractivity contribution in [1.29, 1.82) is 0 Å². The zero-order valence-electron chi connectivity index (χ0n) is 14.7. The summed E-state index contributed by atoms with van der Waals surface area (Å²) in [5, 5.41) is 12.9. The number of aryl methyl sites for hydroxylation is 1. The summed E-state index contributed by atoms with van der Waals surface area (Å²) < 4.78 is 5.34. The van der Waals surface area contributed by atoms with Gasteiger partial charge in [-0.3, -0.25) is 4.79 Å². The summed E-state index contributed by atoms with van der Waals surface area (Å²) in [5.74, 6) is 0.871. The molecule has 3 rings (SSSR count). The molecule has 0 atom stereocenters. The van der Waals surface area contributed by atoms with Crippen LogP contribution in [0.15, 0.2) is 24.3 Å². The van der Waals surface area contributed by atoms with E-state index < -0.39 is 5.97 Å². The van der Waals surface area contributed by atoms with Crippen LogP contribution in [-0.2, 0) is 4.79 Å². The van der Waals surface area contributed by atoms with Gasteiger partial charge in [0.15, 0.2) is 0 Å². The minimum absolute atomic E-state index is 0.275. The maximum Gasteiger partial charge on any atom is 0.306 e. The van der Waals surface area contributed by atoms with E-state index in [1.165, 1.54) is 0 Å². The van der Waals surface area contributed by atoms with Crippen molar-refractivity contribution in [2.24, 2.45) is 5.92 Å². The van der Waals surface area contributed by atoms with E-state index in [4.69, 9.17) is 21.4 Å². The van der Waals surface area contributed by atoms with Gasteiger partial charge in [0.1, 0.15) is 11.6 Å². The third kappa shape index (κ3) is 4.16. The second kappa shape index (κ2) is 7.78. The topological polar surface area (TPSA) is 87.6 Å². The molecule has 26 heavy (non-hydrogen) atoms. The van der Waals surface area contributed by atoms with Gasteiger partial charge in [-0.1, -0.05) is 11.6 Å². The number of carboxylic acid groups (broad SMARTS) is 1. The van der Waals surface area contributed by atoms with Crippen LogP contribution in [0.5, 0.6) is 5.75 Å². The van der Waals surface area contributed by atoms with Gasteiger partial charge in [-0.15, -0.1) is 0 Å². The predicted octanol–water partition coefficient (Wildman–Crippen LogP) is 3.49. The molecule has 0 radical (unpaired) electrons. The van der Waals surface area contributed by atoms with Gasteiger partial charge in [0.25, 0.3) is 0 Å². The smallest absolute Gasteiger partial charge is 0.306 e. The van der Waals surface area contributed by atoms with E-state index in [1.807, 2.05) is 13.0 Å². The maximum absolute atomic E-state index is 11.1. The van der Waals surface area contributed by atoms with Crippen molar-refractivity contribution in [3.63, 3.8) is 0 Å². The van der Waals surface area contributed by atoms with Gasteiger partial charge < -0.3 is 20.1 Å². The van der Waals surface area contributed by atoms with E-state index in [2.05, 4.69) is 20.2 Å². The zero-order valence-corrected chi connectivity index (χ0v) is 15.5. The third-order valence-corrected chi connectivity index (χ3v) is 4.65. The first kappa shape index (κ1) is 18.3. The Hall–Kier alpha value is -2.54. The van der Waals surface area contributed by atoms with Crippen LogP contribution in [0.2, 0.25) is 5.02 Å². The molecule has 1 aliphatic rings. The monoisotopic (exact) mass is 376 g/mol. The molecule has 0 aliphatic carbocycles. The van der Waals surface area contributed by atoms with Crippen LogP contribution in [0, 0.1) is 12.8 Å². The lowest BCUT2D eigenvalue weighted by Gasteiger charge is -2.31. The second-order valence-corrected chi connectivity index (χ2v) is 6.70. The molecule has 0 amide bonds. The number of carbonyl (C=O) groups is 1. The van der Waals surface area contributed by atoms with E-state index in [0.29, 0.717) is 48.3 Å². The number of nitrogens with zero attached hydrogens (tertiary/aromatic N) is 3. The van der Waals surface area contributed by atoms with Gasteiger partial charge >= 0.3 is 5.97 Å². The fraction of sp³-hybridized carbons (Fsp3) is 0.389. The highest BCUT2D eigenvalue weighted by molar-refractivity contribution is 6.31. The van der Waals surface area contributed by atoms with Crippen LogP contribution >= 0.6 is 11.6 Å². The number of nitrogens with one attached hydrogen (secondary N) is 1. The number of benzene rings is 1. The number of carboxylic acids is 1. The quantitative estimate of drug-likeness (QED) is 0.825. The summed E-state index contributed by atoms with van der Waals surface area (Å²) in [5.41, 5.74) is 1.50. The van der Waals surface area contributed by atoms with Crippen LogP contribution in [0.4, 0.5) is 17.5 Å². The number of hydrogen-bond acceptors (Lipinski definition) is 6. The van der Waals surface area contributed by atoms with Crippen molar-refractivity contribution < 1.29 is 14.6 Å². The largest absolute Gasteiger partial charge is 0.495 e. The Morgan fingerprint density at radius 1 is 1.31 bits per heavy atom. The first-order valence-electron chi connectivity index (χ1n) is 8.40. The molecule has 1 aromatic heterocycles. The fourth-order valence-corrected chi connectivity index (χ4v) is 3.20. The highest BCUT2D eigenvalue weighted by Crippen LogP contribution is 2.30. The molecular formula is C18H21ClN4O3. The molecule has 7 nitrogen and oxygen atoms in total. The first-order valence-corrected chi connectivity index (χ1v) is 8.78. The van der Waals surface area contributed by atoms with Gasteiger partial charge in [0.2, 0.25) is 5.95 Å². The van der Waals surface area contributed by atoms with Crippen molar-refractivity contribution >= 4 is 35.0 Å². The molecule has 2 aromatic rings. The molecule has 1 aliphatic heterocycles. The molecule has 8 heteroatoms. The SMILES string of the molecule is COc1ccc(Cl)cc1Nc1nc(C)cc(N2CCC(C(=O)O)CC2)n1. The summed E-state index contributed by atoms with van der Waals surface area (Å²) in [6, 6.07) is 7.18. The number of aromatic nitrogens is 2. The van der Waals surface area contributed by atoms with Crippen molar-refractivity contribution in [2.45, 2.75) is 19.8 Å². The van der Waals surface area contributed by atoms with Crippen molar-refractivity contribution in [2.75, 3.05) is 30.4 Å². The molecule has 0 unspecified atom stereocenters. The second-order valence-electron chi connectivity index (χ2n) is 6.26. The first-order chi connectivity index (χ1) is 12.5. The summed E-state index contributed by atoms with van der Waals surface area (Å²) in [4.78, 5) is 22.2. The summed E-state index contributed by atoms with van der Waals surface area (Å²) in [7, 11) is 1.59. The van der Waals surface area contributed by atoms with E-state index in [-0.39, 0.29) is 5.92 Å². The molecule has 1 fully saturated rings. The van der Waals surface area contributed by atoms with Crippen LogP contribution in [0.3, 0.4) is 0 Å². The standard InChI is InChI=1S/C18H21ClN4O3/c1-11-9-16(23-7-5-12(6-8-23)17(24)25)22-18(20-11)21-14-10-13(19)3-4-15(14)26-2/h3-4,9-10,12H,5-8H2,1-2H3,(H,24,25)(H,20,21,22). The molecule has 1 saturated heterocycles. The molecule has 0 saturated carbocycles. The fourth-order valence-electron chi connectivity index (χ4n) is 3.02. The molecule has 0 spiro atoms. The number of hydrogen-bond donors (Lipinski definition) is 2. The third-order valence-electron chi connectivity index (χ3n) is 4.42. The maximum atomic E-state index is 11.1. The predicted molar refractivity (Wildman–Crippen MR) is 101 cm³/mol. The minimum Gasteiger partial charge on any atom is -0.495 e.